The molecule has 0 heterocycles. The maximum atomic E-state index is 12.0. The first-order valence-corrected chi connectivity index (χ1v) is 7.12. The Labute approximate surface area is 124 Å². The van der Waals surface area contributed by atoms with Gasteiger partial charge in [0.15, 0.2) is 5.78 Å². The zero-order chi connectivity index (χ0) is 14.7. The van der Waals surface area contributed by atoms with Crippen molar-refractivity contribution in [3.8, 4) is 0 Å². The third-order valence-corrected chi connectivity index (χ3v) is 3.78. The van der Waals surface area contributed by atoms with E-state index >= 15 is 0 Å². The van der Waals surface area contributed by atoms with Gasteiger partial charge in [0.25, 0.3) is 0 Å². The summed E-state index contributed by atoms with van der Waals surface area (Å²) in [6.07, 6.45) is 3.09. The number of anilines is 2. The van der Waals surface area contributed by atoms with Crippen LogP contribution in [0, 0.1) is 0 Å². The fourth-order valence-electron chi connectivity index (χ4n) is 2.72. The minimum absolute atomic E-state index is 0.159. The van der Waals surface area contributed by atoms with Crippen LogP contribution in [-0.2, 0) is 4.79 Å². The molecule has 0 unspecified atom stereocenters. The van der Waals surface area contributed by atoms with E-state index in [4.69, 9.17) is 5.73 Å². The fraction of sp³-hybridized carbons (Fsp3) is 0.167. The predicted octanol–water partition coefficient (Wildman–Crippen LogP) is 3.71. The van der Waals surface area contributed by atoms with Gasteiger partial charge in [0, 0.05) is 18.2 Å². The highest BCUT2D eigenvalue weighted by Gasteiger charge is 2.22. The van der Waals surface area contributed by atoms with Gasteiger partial charge in [-0.05, 0) is 30.0 Å². The van der Waals surface area contributed by atoms with E-state index in [0.717, 1.165) is 17.8 Å². The summed E-state index contributed by atoms with van der Waals surface area (Å²) >= 11 is 0. The molecule has 3 rings (SSSR count). The monoisotopic (exact) mass is 278 g/mol. The molecule has 0 amide bonds. The highest BCUT2D eigenvalue weighted by molar-refractivity contribution is 5.92. The number of nitrogens with two attached hydrogens (primary N) is 1. The number of carbonyl (C=O) groups excluding carboxylic acids is 1. The van der Waals surface area contributed by atoms with Crippen LogP contribution in [0.3, 0.4) is 0 Å². The molecule has 2 aromatic carbocycles. The number of carbonyl (C=O) groups is 1. The minimum Gasteiger partial charge on any atom is -0.397 e. The van der Waals surface area contributed by atoms with E-state index in [9.17, 15) is 4.79 Å². The van der Waals surface area contributed by atoms with Gasteiger partial charge in [-0.25, -0.2) is 0 Å². The van der Waals surface area contributed by atoms with Crippen molar-refractivity contribution in [1.82, 2.24) is 0 Å². The Morgan fingerprint density at radius 2 is 1.67 bits per heavy atom. The molecule has 0 fully saturated rings. The van der Waals surface area contributed by atoms with Crippen LogP contribution in [0.1, 0.15) is 24.3 Å². The largest absolute Gasteiger partial charge is 0.397 e. The molecule has 0 bridgehead atoms. The molecular weight excluding hydrogens is 260 g/mol. The van der Waals surface area contributed by atoms with Crippen molar-refractivity contribution in [1.29, 1.82) is 0 Å². The Morgan fingerprint density at radius 3 is 2.43 bits per heavy atom. The summed E-state index contributed by atoms with van der Waals surface area (Å²) in [6.45, 7) is 0. The number of rotatable bonds is 3. The van der Waals surface area contributed by atoms with Crippen molar-refractivity contribution < 1.29 is 4.79 Å². The molecule has 0 spiro atoms. The summed E-state index contributed by atoms with van der Waals surface area (Å²) in [5.74, 6) is 0.392. The third kappa shape index (κ3) is 3.14. The van der Waals surface area contributed by atoms with E-state index in [0.29, 0.717) is 12.1 Å². The maximum absolute atomic E-state index is 12.0. The van der Waals surface area contributed by atoms with E-state index < -0.39 is 0 Å². The molecule has 0 aromatic heterocycles. The lowest BCUT2D eigenvalue weighted by Crippen LogP contribution is -2.17. The minimum atomic E-state index is 0.159. The summed E-state index contributed by atoms with van der Waals surface area (Å²) < 4.78 is 0. The lowest BCUT2D eigenvalue weighted by Gasteiger charge is -2.23. The van der Waals surface area contributed by atoms with Crippen LogP contribution in [0.2, 0.25) is 0 Å². The van der Waals surface area contributed by atoms with Crippen molar-refractivity contribution in [3.05, 3.63) is 71.9 Å². The molecule has 0 saturated heterocycles. The fourth-order valence-corrected chi connectivity index (χ4v) is 2.72. The number of nitrogens with one attached hydrogen (secondary N) is 1. The quantitative estimate of drug-likeness (QED) is 0.841. The number of allylic oxidation sites excluding steroid dienone is 2. The number of para-hydroxylation sites is 2. The number of nitrogen functional groups attached to an aromatic ring is 1. The highest BCUT2D eigenvalue weighted by Crippen LogP contribution is 2.32. The Kier molecular flexibility index (Phi) is 3.73. The van der Waals surface area contributed by atoms with Crippen LogP contribution in [0.5, 0.6) is 0 Å². The first kappa shape index (κ1) is 13.4. The van der Waals surface area contributed by atoms with Gasteiger partial charge in [-0.1, -0.05) is 42.5 Å². The van der Waals surface area contributed by atoms with Crippen LogP contribution < -0.4 is 11.1 Å². The molecule has 3 heteroatoms. The molecular formula is C18H18N2O. The Balaban J connectivity index is 1.80. The number of hydrogen-bond donors (Lipinski definition) is 2. The molecule has 106 valence electrons. The Hall–Kier alpha value is -2.55. The number of hydrogen-bond acceptors (Lipinski definition) is 3. The van der Waals surface area contributed by atoms with Gasteiger partial charge in [0.05, 0.1) is 11.4 Å². The molecule has 1 aliphatic carbocycles. The first-order chi connectivity index (χ1) is 10.2. The molecule has 0 saturated carbocycles. The average molecular weight is 278 g/mol. The van der Waals surface area contributed by atoms with Crippen LogP contribution in [0.15, 0.2) is 66.4 Å². The van der Waals surface area contributed by atoms with Crippen LogP contribution in [0.4, 0.5) is 11.4 Å². The van der Waals surface area contributed by atoms with E-state index in [1.54, 1.807) is 6.08 Å². The summed E-state index contributed by atoms with van der Waals surface area (Å²) in [5.41, 5.74) is 9.62. The van der Waals surface area contributed by atoms with E-state index in [-0.39, 0.29) is 11.7 Å². The maximum Gasteiger partial charge on any atom is 0.158 e. The van der Waals surface area contributed by atoms with E-state index in [1.165, 1.54) is 5.56 Å². The summed E-state index contributed by atoms with van der Waals surface area (Å²) in [7, 11) is 0. The van der Waals surface area contributed by atoms with E-state index in [2.05, 4.69) is 17.4 Å². The van der Waals surface area contributed by atoms with Crippen molar-refractivity contribution in [3.63, 3.8) is 0 Å². The third-order valence-electron chi connectivity index (χ3n) is 3.78. The van der Waals surface area contributed by atoms with Gasteiger partial charge in [-0.2, -0.15) is 0 Å². The Bertz CT molecular complexity index is 677. The van der Waals surface area contributed by atoms with Crippen molar-refractivity contribution in [2.45, 2.75) is 18.8 Å². The van der Waals surface area contributed by atoms with Gasteiger partial charge in [0.1, 0.15) is 0 Å². The van der Waals surface area contributed by atoms with Crippen LogP contribution in [-0.4, -0.2) is 5.78 Å². The lowest BCUT2D eigenvalue weighted by atomic mass is 9.85. The zero-order valence-corrected chi connectivity index (χ0v) is 11.8. The molecule has 0 aliphatic heterocycles. The molecule has 1 atom stereocenters. The SMILES string of the molecule is Nc1ccccc1NC1=CC(=O)C[C@H](c2ccccc2)C1. The van der Waals surface area contributed by atoms with E-state index in [1.807, 2.05) is 42.5 Å². The van der Waals surface area contributed by atoms with Gasteiger partial charge in [-0.3, -0.25) is 4.79 Å². The molecule has 1 aliphatic rings. The van der Waals surface area contributed by atoms with Crippen molar-refractivity contribution >= 4 is 17.2 Å². The van der Waals surface area contributed by atoms with Crippen molar-refractivity contribution in [2.75, 3.05) is 11.1 Å². The second kappa shape index (κ2) is 5.83. The highest BCUT2D eigenvalue weighted by atomic mass is 16.1. The zero-order valence-electron chi connectivity index (χ0n) is 11.8. The Morgan fingerprint density at radius 1 is 0.952 bits per heavy atom. The predicted molar refractivity (Wildman–Crippen MR) is 86.0 cm³/mol. The lowest BCUT2D eigenvalue weighted by molar-refractivity contribution is -0.115. The standard InChI is InChI=1S/C18H18N2O/c19-17-8-4-5-9-18(17)20-15-10-14(11-16(21)12-15)13-6-2-1-3-7-13/h1-9,12,14,20H,10-11,19H2/t14-/m1/s1. The normalized spacial score (nSPS) is 18.2. The van der Waals surface area contributed by atoms with Gasteiger partial charge in [-0.15, -0.1) is 0 Å². The molecule has 0 radical (unpaired) electrons. The molecule has 3 nitrogen and oxygen atoms in total. The summed E-state index contributed by atoms with van der Waals surface area (Å²) in [5, 5.41) is 3.29. The smallest absolute Gasteiger partial charge is 0.158 e. The summed E-state index contributed by atoms with van der Waals surface area (Å²) in [6, 6.07) is 17.8. The first-order valence-electron chi connectivity index (χ1n) is 7.12. The molecule has 21 heavy (non-hydrogen) atoms. The molecule has 2 aromatic rings. The second-order valence-electron chi connectivity index (χ2n) is 5.36. The number of ketones is 1. The topological polar surface area (TPSA) is 55.1 Å². The van der Waals surface area contributed by atoms with Gasteiger partial charge >= 0.3 is 0 Å². The van der Waals surface area contributed by atoms with Crippen LogP contribution >= 0.6 is 0 Å². The van der Waals surface area contributed by atoms with Gasteiger partial charge < -0.3 is 11.1 Å². The van der Waals surface area contributed by atoms with Crippen LogP contribution in [0.25, 0.3) is 0 Å². The van der Waals surface area contributed by atoms with Crippen molar-refractivity contribution in [2.24, 2.45) is 0 Å². The van der Waals surface area contributed by atoms with Gasteiger partial charge in [0.2, 0.25) is 0 Å². The molecule has 3 N–H and O–H groups in total. The summed E-state index contributed by atoms with van der Waals surface area (Å²) in [4.78, 5) is 12.0. The average Bonchev–Trinajstić information content (AvgIpc) is 2.50. The second-order valence-corrected chi connectivity index (χ2v) is 5.36. The number of benzene rings is 2.